The Hall–Kier alpha value is -1.27. The van der Waals surface area contributed by atoms with Crippen molar-refractivity contribution >= 4 is 16.6 Å². The molecule has 158 valence electrons. The fourth-order valence-electron chi connectivity index (χ4n) is 2.12. The molecule has 0 aromatic heterocycles. The third kappa shape index (κ3) is 6.96. The summed E-state index contributed by atoms with van der Waals surface area (Å²) in [5, 5.41) is 0.396. The van der Waals surface area contributed by atoms with Gasteiger partial charge in [-0.3, -0.25) is 0 Å². The molecule has 0 bridgehead atoms. The number of benzene rings is 1. The van der Waals surface area contributed by atoms with E-state index in [2.05, 4.69) is 110 Å². The minimum atomic E-state index is -1.83. The van der Waals surface area contributed by atoms with E-state index in [-0.39, 0.29) is 10.1 Å². The van der Waals surface area contributed by atoms with E-state index in [9.17, 15) is 0 Å². The lowest BCUT2D eigenvalue weighted by Gasteiger charge is -2.37. The van der Waals surface area contributed by atoms with Gasteiger partial charge in [0.25, 0.3) is 0 Å². The van der Waals surface area contributed by atoms with Crippen LogP contribution in [0.4, 0.5) is 0 Å². The number of hydrogen-bond acceptors (Lipinski definition) is 2. The van der Waals surface area contributed by atoms with Crippen LogP contribution < -0.4 is 4.43 Å². The predicted molar refractivity (Wildman–Crippen MR) is 129 cm³/mol. The van der Waals surface area contributed by atoms with Crippen LogP contribution in [-0.4, -0.2) is 16.6 Å². The van der Waals surface area contributed by atoms with E-state index in [0.29, 0.717) is 0 Å². The summed E-state index contributed by atoms with van der Waals surface area (Å²) >= 11 is 0. The van der Waals surface area contributed by atoms with E-state index in [0.717, 1.165) is 17.9 Å². The van der Waals surface area contributed by atoms with Crippen molar-refractivity contribution in [1.82, 2.24) is 0 Å². The Morgan fingerprint density at radius 2 is 1.36 bits per heavy atom. The van der Waals surface area contributed by atoms with Crippen molar-refractivity contribution in [2.24, 2.45) is 0 Å². The van der Waals surface area contributed by atoms with Crippen molar-refractivity contribution in [2.75, 3.05) is 0 Å². The van der Waals surface area contributed by atoms with Crippen LogP contribution in [0.15, 0.2) is 48.3 Å². The minimum absolute atomic E-state index is 0.191. The second-order valence-corrected chi connectivity index (χ2v) is 20.1. The van der Waals surface area contributed by atoms with Gasteiger partial charge in [0.2, 0.25) is 16.6 Å². The molecule has 28 heavy (non-hydrogen) atoms. The summed E-state index contributed by atoms with van der Waals surface area (Å²) in [5.41, 5.74) is 1.27. The second-order valence-electron chi connectivity index (χ2n) is 10.7. The zero-order chi connectivity index (χ0) is 21.8. The SMILES string of the molecule is C/C=C/C(=C/Cc1ccc(O[Si](C)(C)C(C)(C)C)cc1)O[Si](C)(C)C(C)(C)C. The Morgan fingerprint density at radius 3 is 1.79 bits per heavy atom. The van der Waals surface area contributed by atoms with Gasteiger partial charge in [-0.1, -0.05) is 59.8 Å². The highest BCUT2D eigenvalue weighted by molar-refractivity contribution is 6.75. The van der Waals surface area contributed by atoms with E-state index in [4.69, 9.17) is 8.85 Å². The lowest BCUT2D eigenvalue weighted by atomic mass is 10.1. The zero-order valence-corrected chi connectivity index (χ0v) is 22.1. The van der Waals surface area contributed by atoms with Crippen LogP contribution in [0.2, 0.25) is 36.3 Å². The van der Waals surface area contributed by atoms with Gasteiger partial charge in [0.1, 0.15) is 5.75 Å². The molecule has 0 radical (unpaired) electrons. The first-order chi connectivity index (χ1) is 12.6. The highest BCUT2D eigenvalue weighted by atomic mass is 28.4. The minimum Gasteiger partial charge on any atom is -0.544 e. The molecular formula is C24H42O2Si2. The Kier molecular flexibility index (Phi) is 8.00. The van der Waals surface area contributed by atoms with Crippen LogP contribution in [0.3, 0.4) is 0 Å². The summed E-state index contributed by atoms with van der Waals surface area (Å²) in [6.07, 6.45) is 7.18. The van der Waals surface area contributed by atoms with E-state index in [1.807, 2.05) is 6.92 Å². The number of allylic oxidation sites excluding steroid dienone is 3. The second kappa shape index (κ2) is 9.04. The largest absolute Gasteiger partial charge is 0.544 e. The molecule has 0 saturated heterocycles. The Labute approximate surface area is 176 Å². The van der Waals surface area contributed by atoms with Crippen molar-refractivity contribution in [3.63, 3.8) is 0 Å². The van der Waals surface area contributed by atoms with Gasteiger partial charge in [-0.15, -0.1) is 0 Å². The normalized spacial score (nSPS) is 14.5. The zero-order valence-electron chi connectivity index (χ0n) is 20.1. The molecule has 0 heterocycles. The van der Waals surface area contributed by atoms with Gasteiger partial charge in [0.15, 0.2) is 0 Å². The van der Waals surface area contributed by atoms with Gasteiger partial charge < -0.3 is 8.85 Å². The van der Waals surface area contributed by atoms with Crippen LogP contribution in [-0.2, 0) is 10.8 Å². The molecule has 0 atom stereocenters. The van der Waals surface area contributed by atoms with Gasteiger partial charge in [-0.05, 0) is 79.5 Å². The Balaban J connectivity index is 2.89. The maximum atomic E-state index is 6.49. The van der Waals surface area contributed by atoms with Crippen molar-refractivity contribution in [3.8, 4) is 5.75 Å². The van der Waals surface area contributed by atoms with E-state index in [1.54, 1.807) is 0 Å². The first-order valence-corrected chi connectivity index (χ1v) is 16.2. The molecule has 0 aliphatic heterocycles. The monoisotopic (exact) mass is 418 g/mol. The first kappa shape index (κ1) is 24.8. The fourth-order valence-corrected chi connectivity index (χ4v) is 4.19. The molecule has 0 aliphatic carbocycles. The van der Waals surface area contributed by atoms with Gasteiger partial charge in [0, 0.05) is 0 Å². The molecule has 0 amide bonds. The fraction of sp³-hybridized carbons (Fsp3) is 0.583. The third-order valence-electron chi connectivity index (χ3n) is 6.15. The molecule has 2 nitrogen and oxygen atoms in total. The van der Waals surface area contributed by atoms with Gasteiger partial charge in [-0.25, -0.2) is 0 Å². The third-order valence-corrected chi connectivity index (χ3v) is 14.9. The van der Waals surface area contributed by atoms with Gasteiger partial charge >= 0.3 is 0 Å². The van der Waals surface area contributed by atoms with Crippen molar-refractivity contribution in [3.05, 3.63) is 53.8 Å². The van der Waals surface area contributed by atoms with Crippen molar-refractivity contribution in [2.45, 2.75) is 91.2 Å². The topological polar surface area (TPSA) is 18.5 Å². The average molecular weight is 419 g/mol. The highest BCUT2D eigenvalue weighted by Gasteiger charge is 2.39. The predicted octanol–water partition coefficient (Wildman–Crippen LogP) is 8.09. The van der Waals surface area contributed by atoms with Crippen molar-refractivity contribution < 1.29 is 8.85 Å². The summed E-state index contributed by atoms with van der Waals surface area (Å²) in [6, 6.07) is 8.54. The molecule has 1 aromatic rings. The van der Waals surface area contributed by atoms with Crippen LogP contribution in [0.25, 0.3) is 0 Å². The molecule has 0 spiro atoms. The molecule has 0 saturated carbocycles. The van der Waals surface area contributed by atoms with Crippen LogP contribution in [0.5, 0.6) is 5.75 Å². The Morgan fingerprint density at radius 1 is 0.857 bits per heavy atom. The van der Waals surface area contributed by atoms with Gasteiger partial charge in [0.05, 0.1) is 5.76 Å². The van der Waals surface area contributed by atoms with Crippen LogP contribution >= 0.6 is 0 Å². The van der Waals surface area contributed by atoms with Gasteiger partial charge in [-0.2, -0.15) is 0 Å². The summed E-state index contributed by atoms with van der Waals surface area (Å²) in [6.45, 7) is 24.8. The van der Waals surface area contributed by atoms with E-state index < -0.39 is 16.6 Å². The summed E-state index contributed by atoms with van der Waals surface area (Å²) < 4.78 is 12.9. The standard InChI is InChI=1S/C24H42O2Si2/c1-12-13-21(25-27(8,9)23(2,3)4)17-14-20-15-18-22(19-16-20)26-28(10,11)24(5,6)7/h12-13,15-19H,14H2,1-11H3/b13-12+,21-17-. The van der Waals surface area contributed by atoms with E-state index in [1.165, 1.54) is 5.56 Å². The maximum absolute atomic E-state index is 6.49. The van der Waals surface area contributed by atoms with Crippen molar-refractivity contribution in [1.29, 1.82) is 0 Å². The Bertz CT molecular complexity index is 685. The average Bonchev–Trinajstić information content (AvgIpc) is 2.51. The van der Waals surface area contributed by atoms with E-state index >= 15 is 0 Å². The lowest BCUT2D eigenvalue weighted by molar-refractivity contribution is 0.398. The smallest absolute Gasteiger partial charge is 0.250 e. The molecule has 0 aliphatic rings. The molecular weight excluding hydrogens is 376 g/mol. The first-order valence-electron chi connectivity index (χ1n) is 10.4. The molecule has 4 heteroatoms. The maximum Gasteiger partial charge on any atom is 0.250 e. The molecule has 0 fully saturated rings. The lowest BCUT2D eigenvalue weighted by Crippen LogP contribution is -2.43. The summed E-state index contributed by atoms with van der Waals surface area (Å²) in [4.78, 5) is 0. The summed E-state index contributed by atoms with van der Waals surface area (Å²) in [7, 11) is -3.62. The molecule has 0 unspecified atom stereocenters. The highest BCUT2D eigenvalue weighted by Crippen LogP contribution is 2.38. The molecule has 0 N–H and O–H groups in total. The summed E-state index contributed by atoms with van der Waals surface area (Å²) in [5.74, 6) is 1.96. The van der Waals surface area contributed by atoms with Crippen LogP contribution in [0, 0.1) is 0 Å². The molecule has 1 rings (SSSR count). The quantitative estimate of drug-likeness (QED) is 0.253. The van der Waals surface area contributed by atoms with Crippen LogP contribution in [0.1, 0.15) is 54.0 Å². The number of rotatable bonds is 7. The number of hydrogen-bond donors (Lipinski definition) is 0. The molecule has 1 aromatic carbocycles.